The first kappa shape index (κ1) is 24.8. The van der Waals surface area contributed by atoms with Gasteiger partial charge in [-0.3, -0.25) is 4.79 Å². The summed E-state index contributed by atoms with van der Waals surface area (Å²) >= 11 is 0. The summed E-state index contributed by atoms with van der Waals surface area (Å²) in [5, 5.41) is 3.00. The molecule has 0 amide bonds. The molecule has 2 aliphatic rings. The molecule has 0 saturated carbocycles. The molecule has 34 heavy (non-hydrogen) atoms. The predicted octanol–water partition coefficient (Wildman–Crippen LogP) is 2.18. The van der Waals surface area contributed by atoms with Crippen LogP contribution in [0.1, 0.15) is 29.6 Å². The number of hydrogen-bond acceptors (Lipinski definition) is 7. The Morgan fingerprint density at radius 3 is 1.79 bits per heavy atom. The number of ether oxygens (including phenoxy) is 1. The lowest BCUT2D eigenvalue weighted by atomic mass is 10.1. The minimum Gasteiger partial charge on any atom is -0.379 e. The maximum absolute atomic E-state index is 12.7. The van der Waals surface area contributed by atoms with E-state index < -0.39 is 20.0 Å². The highest BCUT2D eigenvalue weighted by molar-refractivity contribution is 7.89. The highest BCUT2D eigenvalue weighted by atomic mass is 32.2. The van der Waals surface area contributed by atoms with Gasteiger partial charge in [0, 0.05) is 37.4 Å². The zero-order chi connectivity index (χ0) is 24.2. The summed E-state index contributed by atoms with van der Waals surface area (Å²) in [5.41, 5.74) is 1.01. The van der Waals surface area contributed by atoms with Crippen LogP contribution in [0.3, 0.4) is 0 Å². The van der Waals surface area contributed by atoms with Crippen molar-refractivity contribution >= 4 is 31.5 Å². The van der Waals surface area contributed by atoms with Crippen molar-refractivity contribution in [2.24, 2.45) is 0 Å². The molecule has 11 heteroatoms. The molecule has 2 heterocycles. The van der Waals surface area contributed by atoms with Crippen LogP contribution in [-0.4, -0.2) is 77.2 Å². The summed E-state index contributed by atoms with van der Waals surface area (Å²) in [6, 6.07) is 12.3. The van der Waals surface area contributed by atoms with Crippen molar-refractivity contribution in [2.45, 2.75) is 29.1 Å². The van der Waals surface area contributed by atoms with Crippen molar-refractivity contribution in [2.75, 3.05) is 51.3 Å². The average molecular weight is 508 g/mol. The Kier molecular flexibility index (Phi) is 7.68. The number of benzene rings is 2. The molecule has 9 nitrogen and oxygen atoms in total. The van der Waals surface area contributed by atoms with Gasteiger partial charge >= 0.3 is 0 Å². The summed E-state index contributed by atoms with van der Waals surface area (Å²) in [6.07, 6.45) is 2.80. The molecule has 2 fully saturated rings. The van der Waals surface area contributed by atoms with E-state index in [0.717, 1.165) is 19.3 Å². The molecule has 2 aliphatic heterocycles. The van der Waals surface area contributed by atoms with Gasteiger partial charge in [0.25, 0.3) is 0 Å². The molecule has 2 aromatic carbocycles. The van der Waals surface area contributed by atoms with E-state index in [9.17, 15) is 21.6 Å². The van der Waals surface area contributed by atoms with Crippen LogP contribution in [0.5, 0.6) is 0 Å². The van der Waals surface area contributed by atoms with Gasteiger partial charge < -0.3 is 10.1 Å². The molecule has 1 N–H and O–H groups in total. The molecule has 184 valence electrons. The monoisotopic (exact) mass is 507 g/mol. The molecule has 4 rings (SSSR count). The number of hydrogen-bond donors (Lipinski definition) is 1. The molecule has 0 atom stereocenters. The van der Waals surface area contributed by atoms with Gasteiger partial charge in [0.1, 0.15) is 0 Å². The van der Waals surface area contributed by atoms with Crippen LogP contribution >= 0.6 is 0 Å². The lowest BCUT2D eigenvalue weighted by Gasteiger charge is -2.26. The predicted molar refractivity (Wildman–Crippen MR) is 128 cm³/mol. The lowest BCUT2D eigenvalue weighted by Crippen LogP contribution is -2.40. The number of carbonyl (C=O) groups excluding carboxylic acids is 1. The SMILES string of the molecule is O=C(CNc1ccc(S(=O)(=O)N2CCCCC2)cc1)c1ccc(S(=O)(=O)N2CCOCC2)cc1. The number of carbonyl (C=O) groups is 1. The number of nitrogens with one attached hydrogen (secondary N) is 1. The molecule has 0 unspecified atom stereocenters. The Hall–Kier alpha value is -2.31. The van der Waals surface area contributed by atoms with Gasteiger partial charge in [0.2, 0.25) is 20.0 Å². The molecule has 0 bridgehead atoms. The second-order valence-corrected chi connectivity index (χ2v) is 12.2. The van der Waals surface area contributed by atoms with Crippen LogP contribution in [0.2, 0.25) is 0 Å². The van der Waals surface area contributed by atoms with E-state index in [-0.39, 0.29) is 22.1 Å². The minimum absolute atomic E-state index is 0.00617. The Balaban J connectivity index is 1.35. The molecule has 0 aliphatic carbocycles. The summed E-state index contributed by atoms with van der Waals surface area (Å²) in [5.74, 6) is -0.208. The van der Waals surface area contributed by atoms with Crippen LogP contribution in [0, 0.1) is 0 Å². The Morgan fingerprint density at radius 2 is 1.24 bits per heavy atom. The number of ketones is 1. The van der Waals surface area contributed by atoms with Crippen LogP contribution in [0.25, 0.3) is 0 Å². The highest BCUT2D eigenvalue weighted by Crippen LogP contribution is 2.22. The van der Waals surface area contributed by atoms with Crippen molar-refractivity contribution in [3.63, 3.8) is 0 Å². The third-order valence-corrected chi connectivity index (χ3v) is 9.87. The van der Waals surface area contributed by atoms with Gasteiger partial charge in [-0.15, -0.1) is 0 Å². The maximum Gasteiger partial charge on any atom is 0.243 e. The van der Waals surface area contributed by atoms with Gasteiger partial charge in [-0.1, -0.05) is 6.42 Å². The fourth-order valence-electron chi connectivity index (χ4n) is 4.03. The van der Waals surface area contributed by atoms with Crippen LogP contribution in [-0.2, 0) is 24.8 Å². The van der Waals surface area contributed by atoms with Crippen molar-refractivity contribution in [3.8, 4) is 0 Å². The fourth-order valence-corrected chi connectivity index (χ4v) is 6.96. The van der Waals surface area contributed by atoms with Crippen molar-refractivity contribution < 1.29 is 26.4 Å². The fraction of sp³-hybridized carbons (Fsp3) is 0.435. The van der Waals surface area contributed by atoms with E-state index >= 15 is 0 Å². The Morgan fingerprint density at radius 1 is 0.735 bits per heavy atom. The van der Waals surface area contributed by atoms with E-state index in [1.807, 2.05) is 0 Å². The second-order valence-electron chi connectivity index (χ2n) is 8.31. The van der Waals surface area contributed by atoms with E-state index in [1.54, 1.807) is 24.3 Å². The quantitative estimate of drug-likeness (QED) is 0.545. The number of piperidine rings is 1. The van der Waals surface area contributed by atoms with Gasteiger partial charge in [0.05, 0.1) is 29.5 Å². The number of nitrogens with zero attached hydrogens (tertiary/aromatic N) is 2. The number of Topliss-reactive ketones (excluding diaryl/α,β-unsaturated/α-hetero) is 1. The van der Waals surface area contributed by atoms with Crippen molar-refractivity contribution in [1.82, 2.24) is 8.61 Å². The zero-order valence-corrected chi connectivity index (χ0v) is 20.5. The number of sulfonamides is 2. The zero-order valence-electron chi connectivity index (χ0n) is 18.9. The molecular formula is C23H29N3O6S2. The maximum atomic E-state index is 12.7. The normalized spacial score (nSPS) is 18.5. The molecule has 0 radical (unpaired) electrons. The number of rotatable bonds is 8. The summed E-state index contributed by atoms with van der Waals surface area (Å²) in [6.45, 7) is 2.44. The largest absolute Gasteiger partial charge is 0.379 e. The van der Waals surface area contributed by atoms with E-state index in [0.29, 0.717) is 50.6 Å². The van der Waals surface area contributed by atoms with Crippen molar-refractivity contribution in [1.29, 1.82) is 0 Å². The lowest BCUT2D eigenvalue weighted by molar-refractivity contribution is 0.0730. The van der Waals surface area contributed by atoms with E-state index in [4.69, 9.17) is 4.74 Å². The summed E-state index contributed by atoms with van der Waals surface area (Å²) < 4.78 is 59.0. The third kappa shape index (κ3) is 5.49. The highest BCUT2D eigenvalue weighted by Gasteiger charge is 2.27. The summed E-state index contributed by atoms with van der Waals surface area (Å²) in [4.78, 5) is 13.0. The smallest absolute Gasteiger partial charge is 0.243 e. The number of morpholine rings is 1. The van der Waals surface area contributed by atoms with Crippen LogP contribution in [0.15, 0.2) is 58.3 Å². The van der Waals surface area contributed by atoms with E-state index in [1.165, 1.54) is 32.9 Å². The average Bonchev–Trinajstić information content (AvgIpc) is 2.88. The minimum atomic E-state index is -3.61. The molecule has 0 aromatic heterocycles. The topological polar surface area (TPSA) is 113 Å². The Bertz CT molecular complexity index is 1200. The molecular weight excluding hydrogens is 478 g/mol. The van der Waals surface area contributed by atoms with Gasteiger partial charge in [-0.05, 0) is 61.4 Å². The molecule has 0 spiro atoms. The van der Waals surface area contributed by atoms with Crippen molar-refractivity contribution in [3.05, 3.63) is 54.1 Å². The first-order chi connectivity index (χ1) is 16.3. The first-order valence-electron chi connectivity index (χ1n) is 11.3. The third-order valence-electron chi connectivity index (χ3n) is 6.04. The Labute approximate surface area is 200 Å². The number of anilines is 1. The van der Waals surface area contributed by atoms with Gasteiger partial charge in [-0.25, -0.2) is 16.8 Å². The molecule has 2 saturated heterocycles. The first-order valence-corrected chi connectivity index (χ1v) is 14.2. The van der Waals surface area contributed by atoms with E-state index in [2.05, 4.69) is 5.32 Å². The van der Waals surface area contributed by atoms with Crippen LogP contribution in [0.4, 0.5) is 5.69 Å². The van der Waals surface area contributed by atoms with Gasteiger partial charge in [0.15, 0.2) is 5.78 Å². The standard InChI is InChI=1S/C23H29N3O6S2/c27-23(19-4-8-21(9-5-19)34(30,31)26-14-16-32-17-15-26)18-24-20-6-10-22(11-7-20)33(28,29)25-12-2-1-3-13-25/h4-11,24H,1-3,12-18H2. The second kappa shape index (κ2) is 10.5. The van der Waals surface area contributed by atoms with Crippen LogP contribution < -0.4 is 5.32 Å². The summed E-state index contributed by atoms with van der Waals surface area (Å²) in [7, 11) is -7.11. The molecule has 2 aromatic rings. The van der Waals surface area contributed by atoms with Gasteiger partial charge in [-0.2, -0.15) is 8.61 Å².